The van der Waals surface area contributed by atoms with Gasteiger partial charge in [0.05, 0.1) is 0 Å². The van der Waals surface area contributed by atoms with Gasteiger partial charge >= 0.3 is 0 Å². The molecule has 0 aromatic heterocycles. The van der Waals surface area contributed by atoms with Gasteiger partial charge in [0.1, 0.15) is 10.6 Å². The number of carbonyl (C=O) groups is 1. The molecule has 0 bridgehead atoms. The van der Waals surface area contributed by atoms with Crippen LogP contribution in [0.15, 0.2) is 89.5 Å². The van der Waals surface area contributed by atoms with Crippen LogP contribution in [0.1, 0.15) is 65.2 Å². The van der Waals surface area contributed by atoms with Crippen molar-refractivity contribution in [1.29, 1.82) is 0 Å². The second-order valence-corrected chi connectivity index (χ2v) is 10.5. The van der Waals surface area contributed by atoms with Gasteiger partial charge in [0.15, 0.2) is 0 Å². The van der Waals surface area contributed by atoms with Gasteiger partial charge in [-0.2, -0.15) is 8.42 Å². The lowest BCUT2D eigenvalue weighted by Gasteiger charge is -2.17. The van der Waals surface area contributed by atoms with Gasteiger partial charge in [-0.05, 0) is 62.6 Å². The molecular formula is C32H33NO5S. The second-order valence-electron chi connectivity index (χ2n) is 9.15. The molecule has 39 heavy (non-hydrogen) atoms. The van der Waals surface area contributed by atoms with Crippen molar-refractivity contribution in [3.8, 4) is 17.6 Å². The SMILES string of the molecule is CCCC#CC(C)c1c(S(=O)(=O)O)cc2c(c1O)C=CC(NC(=O)c1ccccc1)=CC2.Cc1ccccc1. The Bertz CT molecular complexity index is 1530. The quantitative estimate of drug-likeness (QED) is 0.254. The minimum atomic E-state index is -4.59. The summed E-state index contributed by atoms with van der Waals surface area (Å²) in [4.78, 5) is 12.1. The highest BCUT2D eigenvalue weighted by Crippen LogP contribution is 2.39. The first-order valence-electron chi connectivity index (χ1n) is 12.7. The van der Waals surface area contributed by atoms with Gasteiger partial charge in [0, 0.05) is 34.7 Å². The molecule has 1 amide bonds. The largest absolute Gasteiger partial charge is 0.507 e. The van der Waals surface area contributed by atoms with E-state index in [-0.39, 0.29) is 28.5 Å². The summed E-state index contributed by atoms with van der Waals surface area (Å²) in [6.45, 7) is 5.75. The average molecular weight is 544 g/mol. The minimum Gasteiger partial charge on any atom is -0.507 e. The first-order valence-corrected chi connectivity index (χ1v) is 14.2. The van der Waals surface area contributed by atoms with Gasteiger partial charge in [-0.25, -0.2) is 0 Å². The van der Waals surface area contributed by atoms with Gasteiger partial charge < -0.3 is 10.4 Å². The highest BCUT2D eigenvalue weighted by atomic mass is 32.2. The van der Waals surface area contributed by atoms with Crippen molar-refractivity contribution in [2.75, 3.05) is 0 Å². The van der Waals surface area contributed by atoms with Gasteiger partial charge in [0.2, 0.25) is 0 Å². The van der Waals surface area contributed by atoms with E-state index in [1.807, 2.05) is 31.2 Å². The highest BCUT2D eigenvalue weighted by molar-refractivity contribution is 7.85. The lowest BCUT2D eigenvalue weighted by Crippen LogP contribution is -2.21. The van der Waals surface area contributed by atoms with Crippen molar-refractivity contribution in [1.82, 2.24) is 5.32 Å². The summed E-state index contributed by atoms with van der Waals surface area (Å²) in [5, 5.41) is 13.8. The zero-order valence-corrected chi connectivity index (χ0v) is 23.1. The second kappa shape index (κ2) is 13.6. The Balaban J connectivity index is 0.000000520. The molecule has 1 aliphatic carbocycles. The molecule has 6 nitrogen and oxygen atoms in total. The molecule has 0 spiro atoms. The fourth-order valence-corrected chi connectivity index (χ4v) is 4.86. The summed E-state index contributed by atoms with van der Waals surface area (Å²) < 4.78 is 34.0. The third kappa shape index (κ3) is 8.18. The molecule has 0 fully saturated rings. The number of amides is 1. The lowest BCUT2D eigenvalue weighted by atomic mass is 9.93. The number of hydrogen-bond donors (Lipinski definition) is 3. The molecule has 0 saturated heterocycles. The van der Waals surface area contributed by atoms with Gasteiger partial charge in [-0.3, -0.25) is 9.35 Å². The molecule has 202 valence electrons. The number of fused-ring (bicyclic) bond motifs is 1. The molecule has 0 saturated carbocycles. The molecule has 0 aliphatic heterocycles. The van der Waals surface area contributed by atoms with Crippen molar-refractivity contribution in [3.05, 3.63) is 112 Å². The van der Waals surface area contributed by atoms with E-state index in [0.717, 1.165) is 6.42 Å². The molecule has 7 heteroatoms. The maximum atomic E-state index is 12.5. The average Bonchev–Trinajstić information content (AvgIpc) is 3.12. The molecule has 0 heterocycles. The third-order valence-corrected chi connectivity index (χ3v) is 6.93. The van der Waals surface area contributed by atoms with Crippen LogP contribution in [0.3, 0.4) is 0 Å². The third-order valence-electron chi connectivity index (χ3n) is 6.04. The van der Waals surface area contributed by atoms with Crippen LogP contribution >= 0.6 is 0 Å². The van der Waals surface area contributed by atoms with Gasteiger partial charge in [0.25, 0.3) is 16.0 Å². The molecule has 1 atom stereocenters. The molecular weight excluding hydrogens is 510 g/mol. The zero-order valence-electron chi connectivity index (χ0n) is 22.3. The van der Waals surface area contributed by atoms with Crippen LogP contribution in [0, 0.1) is 18.8 Å². The first kappa shape index (κ1) is 29.4. The molecule has 4 rings (SSSR count). The molecule has 3 aromatic carbocycles. The van der Waals surface area contributed by atoms with Crippen LogP contribution in [-0.2, 0) is 16.5 Å². The van der Waals surface area contributed by atoms with E-state index in [1.165, 1.54) is 11.6 Å². The fourth-order valence-electron chi connectivity index (χ4n) is 4.02. The number of carbonyl (C=O) groups excluding carboxylic acids is 1. The number of aromatic hydroxyl groups is 1. The van der Waals surface area contributed by atoms with Crippen molar-refractivity contribution >= 4 is 22.1 Å². The maximum Gasteiger partial charge on any atom is 0.294 e. The van der Waals surface area contributed by atoms with E-state index in [4.69, 9.17) is 0 Å². The number of phenolic OH excluding ortho intramolecular Hbond substituents is 1. The van der Waals surface area contributed by atoms with E-state index in [0.29, 0.717) is 28.8 Å². The van der Waals surface area contributed by atoms with E-state index < -0.39 is 16.0 Å². The Morgan fingerprint density at radius 1 is 1.05 bits per heavy atom. The van der Waals surface area contributed by atoms with Crippen LogP contribution in [0.5, 0.6) is 5.75 Å². The Morgan fingerprint density at radius 2 is 1.69 bits per heavy atom. The summed E-state index contributed by atoms with van der Waals surface area (Å²) >= 11 is 0. The van der Waals surface area contributed by atoms with Crippen LogP contribution in [0.25, 0.3) is 6.08 Å². The van der Waals surface area contributed by atoms with Crippen molar-refractivity contribution < 1.29 is 22.9 Å². The summed E-state index contributed by atoms with van der Waals surface area (Å²) in [5.74, 6) is 4.78. The Labute approximate surface area is 230 Å². The summed E-state index contributed by atoms with van der Waals surface area (Å²) in [5.41, 5.74) is 3.34. The number of nitrogens with one attached hydrogen (secondary N) is 1. The van der Waals surface area contributed by atoms with E-state index >= 15 is 0 Å². The van der Waals surface area contributed by atoms with E-state index in [9.17, 15) is 22.9 Å². The highest BCUT2D eigenvalue weighted by Gasteiger charge is 2.26. The smallest absolute Gasteiger partial charge is 0.294 e. The fraction of sp³-hybridized carbons (Fsp3) is 0.219. The molecule has 1 unspecified atom stereocenters. The number of aryl methyl sites for hydroxylation is 1. The number of unbranched alkanes of at least 4 members (excludes halogenated alkanes) is 1. The number of benzene rings is 3. The number of hydrogen-bond acceptors (Lipinski definition) is 4. The van der Waals surface area contributed by atoms with Crippen molar-refractivity contribution in [2.45, 2.75) is 50.8 Å². The monoisotopic (exact) mass is 543 g/mol. The predicted octanol–water partition coefficient (Wildman–Crippen LogP) is 6.42. The number of rotatable bonds is 5. The van der Waals surface area contributed by atoms with Crippen LogP contribution < -0.4 is 5.32 Å². The summed E-state index contributed by atoms with van der Waals surface area (Å²) in [7, 11) is -4.59. The van der Waals surface area contributed by atoms with Crippen molar-refractivity contribution in [2.24, 2.45) is 0 Å². The minimum absolute atomic E-state index is 0.0660. The Kier molecular flexibility index (Phi) is 10.3. The number of phenols is 1. The molecule has 3 aromatic rings. The van der Waals surface area contributed by atoms with Crippen LogP contribution in [-0.4, -0.2) is 24.0 Å². The van der Waals surface area contributed by atoms with Crippen LogP contribution in [0.4, 0.5) is 0 Å². The normalized spacial score (nSPS) is 12.9. The maximum absolute atomic E-state index is 12.5. The lowest BCUT2D eigenvalue weighted by molar-refractivity contribution is 0.0967. The topological polar surface area (TPSA) is 104 Å². The van der Waals surface area contributed by atoms with Gasteiger partial charge in [-0.1, -0.05) is 73.0 Å². The zero-order chi connectivity index (χ0) is 28.4. The molecule has 1 aliphatic rings. The van der Waals surface area contributed by atoms with E-state index in [2.05, 4.69) is 36.2 Å². The van der Waals surface area contributed by atoms with E-state index in [1.54, 1.807) is 49.4 Å². The summed E-state index contributed by atoms with van der Waals surface area (Å²) in [6, 6.07) is 20.4. The number of allylic oxidation sites excluding steroid dienone is 2. The van der Waals surface area contributed by atoms with Crippen molar-refractivity contribution in [3.63, 3.8) is 0 Å². The van der Waals surface area contributed by atoms with Crippen LogP contribution in [0.2, 0.25) is 0 Å². The first-order chi connectivity index (χ1) is 18.6. The summed E-state index contributed by atoms with van der Waals surface area (Å²) in [6.07, 6.45) is 6.74. The van der Waals surface area contributed by atoms with Gasteiger partial charge in [-0.15, -0.1) is 5.92 Å². The predicted molar refractivity (Wildman–Crippen MR) is 155 cm³/mol. The standard InChI is InChI=1S/C25H25NO5S.C7H8/c1-3-4-6-9-17(2)23-22(32(29,30)31)16-19-12-13-20(14-15-21(19)24(23)27)26-25(28)18-10-7-5-8-11-18;1-7-5-3-2-4-6-7/h5,7-8,10-11,13-17,27H,3-4,12H2,1-2H3,(H,26,28)(H,29,30,31);2-6H,1H3. The Morgan fingerprint density at radius 3 is 2.26 bits per heavy atom. The Hall–Kier alpha value is -4.12. The molecule has 3 N–H and O–H groups in total. The molecule has 0 radical (unpaired) electrons.